The van der Waals surface area contributed by atoms with Gasteiger partial charge in [-0.1, -0.05) is 32.0 Å². The quantitative estimate of drug-likeness (QED) is 0.125. The Kier molecular flexibility index (Phi) is 19.1. The van der Waals surface area contributed by atoms with Crippen molar-refractivity contribution < 1.29 is 29.7 Å². The number of hydrogen-bond donors (Lipinski definition) is 7. The van der Waals surface area contributed by atoms with E-state index in [9.17, 15) is 14.4 Å². The molecule has 0 fully saturated rings. The molecule has 43 heavy (non-hydrogen) atoms. The fraction of sp³-hybridized carbons (Fsp3) is 0.533. The van der Waals surface area contributed by atoms with E-state index in [1.54, 1.807) is 33.5 Å². The number of aliphatic carboxylic acids is 3. The van der Waals surface area contributed by atoms with Gasteiger partial charge in [0.25, 0.3) is 0 Å². The van der Waals surface area contributed by atoms with E-state index in [0.29, 0.717) is 19.3 Å². The molecule has 0 saturated carbocycles. The number of imidazole rings is 1. The molecule has 13 nitrogen and oxygen atoms in total. The number of carboxylic acid groups (broad SMARTS) is 3. The van der Waals surface area contributed by atoms with Crippen molar-refractivity contribution in [2.24, 2.45) is 14.1 Å². The number of carbonyl (C=O) groups is 3. The van der Waals surface area contributed by atoms with Crippen LogP contribution in [0.2, 0.25) is 0 Å². The number of hydrogen-bond acceptors (Lipinski definition) is 8. The Labute approximate surface area is 254 Å². The van der Waals surface area contributed by atoms with Gasteiger partial charge in [-0.2, -0.15) is 0 Å². The van der Waals surface area contributed by atoms with Crippen molar-refractivity contribution >= 4 is 28.8 Å². The Morgan fingerprint density at radius 3 is 1.86 bits per heavy atom. The Balaban J connectivity index is 0.000000622. The number of likely N-dealkylation sites (N-methyl/N-ethyl adjacent to an activating group) is 3. The minimum absolute atomic E-state index is 0. The second kappa shape index (κ2) is 21.0. The van der Waals surface area contributed by atoms with Crippen molar-refractivity contribution in [1.29, 1.82) is 0 Å². The molecule has 3 aromatic rings. The lowest BCUT2D eigenvalue weighted by Gasteiger charge is -2.10. The van der Waals surface area contributed by atoms with Crippen molar-refractivity contribution in [3.8, 4) is 0 Å². The first kappa shape index (κ1) is 39.2. The van der Waals surface area contributed by atoms with Crippen LogP contribution in [0.25, 0.3) is 10.9 Å². The third-order valence-corrected chi connectivity index (χ3v) is 6.82. The van der Waals surface area contributed by atoms with Crippen molar-refractivity contribution in [2.45, 2.75) is 57.7 Å². The first-order chi connectivity index (χ1) is 20.0. The zero-order chi connectivity index (χ0) is 31.7. The minimum Gasteiger partial charge on any atom is -0.480 e. The number of para-hydroxylation sites is 1. The maximum Gasteiger partial charge on any atom is 0.321 e. The smallest absolute Gasteiger partial charge is 0.321 e. The molecular formula is C30H51N7O6. The molecule has 0 spiro atoms. The normalized spacial score (nSPS) is 12.5. The summed E-state index contributed by atoms with van der Waals surface area (Å²) in [4.78, 5) is 36.2. The van der Waals surface area contributed by atoms with Crippen molar-refractivity contribution in [3.63, 3.8) is 0 Å². The lowest BCUT2D eigenvalue weighted by atomic mass is 10.1. The molecule has 7 N–H and O–H groups in total. The molecule has 0 amide bonds. The van der Waals surface area contributed by atoms with Gasteiger partial charge in [0.05, 0.1) is 0 Å². The summed E-state index contributed by atoms with van der Waals surface area (Å²) in [5.74, 6) is -1.67. The number of carboxylic acids is 3. The van der Waals surface area contributed by atoms with Gasteiger partial charge in [0, 0.05) is 56.4 Å². The standard InChI is InChI=1S/C13H16N2O2.C8H13N3O2.C8H18N2O2.CH4/c1-14-11(13(16)17)7-9-8-15(2)12-6-4-3-5-10(9)12;1-9-6(8(12)13)5-7-10-3-4-11(7)2;1-9-6-4-3-5-7(10-2)8(11)12;/h3-6,8,11,14H,7H2,1-2H3,(H,16,17);3-4,6,9H,5H2,1-2H3,(H,12,13);7,9-10H,3-6H2,1-2H3,(H,11,12);1H4. The van der Waals surface area contributed by atoms with Crippen LogP contribution in [-0.2, 0) is 41.3 Å². The third kappa shape index (κ3) is 13.4. The summed E-state index contributed by atoms with van der Waals surface area (Å²) >= 11 is 0. The lowest BCUT2D eigenvalue weighted by Crippen LogP contribution is -2.36. The molecule has 13 heteroatoms. The minimum atomic E-state index is -0.856. The third-order valence-electron chi connectivity index (χ3n) is 6.82. The summed E-state index contributed by atoms with van der Waals surface area (Å²) in [7, 11) is 10.7. The van der Waals surface area contributed by atoms with Gasteiger partial charge < -0.3 is 45.7 Å². The Bertz CT molecular complexity index is 1240. The van der Waals surface area contributed by atoms with Crippen molar-refractivity contribution in [3.05, 3.63) is 54.2 Å². The van der Waals surface area contributed by atoms with Crippen molar-refractivity contribution in [1.82, 2.24) is 35.4 Å². The lowest BCUT2D eigenvalue weighted by molar-refractivity contribution is -0.140. The van der Waals surface area contributed by atoms with E-state index in [0.717, 1.165) is 41.7 Å². The number of fused-ring (bicyclic) bond motifs is 1. The number of nitrogens with zero attached hydrogens (tertiary/aromatic N) is 3. The number of aromatic nitrogens is 3. The fourth-order valence-electron chi connectivity index (χ4n) is 4.25. The zero-order valence-corrected chi connectivity index (χ0v) is 25.4. The highest BCUT2D eigenvalue weighted by atomic mass is 16.4. The van der Waals surface area contributed by atoms with Crippen LogP contribution < -0.4 is 21.3 Å². The van der Waals surface area contributed by atoms with Crippen LogP contribution in [0.1, 0.15) is 38.1 Å². The highest BCUT2D eigenvalue weighted by Gasteiger charge is 2.18. The highest BCUT2D eigenvalue weighted by molar-refractivity contribution is 5.85. The molecule has 0 radical (unpaired) electrons. The molecule has 1 aromatic carbocycles. The Hall–Kier alpha value is -3.78. The van der Waals surface area contributed by atoms with Gasteiger partial charge in [-0.3, -0.25) is 14.4 Å². The van der Waals surface area contributed by atoms with E-state index in [-0.39, 0.29) is 13.5 Å². The Morgan fingerprint density at radius 1 is 0.814 bits per heavy atom. The maximum absolute atomic E-state index is 11.0. The van der Waals surface area contributed by atoms with E-state index in [1.165, 1.54) is 0 Å². The first-order valence-electron chi connectivity index (χ1n) is 13.8. The molecule has 0 bridgehead atoms. The van der Waals surface area contributed by atoms with E-state index in [2.05, 4.69) is 26.3 Å². The number of rotatable bonds is 15. The molecule has 2 heterocycles. The van der Waals surface area contributed by atoms with Crippen molar-refractivity contribution in [2.75, 3.05) is 34.7 Å². The molecule has 0 aliphatic heterocycles. The van der Waals surface area contributed by atoms with Gasteiger partial charge in [0.1, 0.15) is 23.9 Å². The fourth-order valence-corrected chi connectivity index (χ4v) is 4.25. The Morgan fingerprint density at radius 2 is 1.37 bits per heavy atom. The molecule has 0 aliphatic rings. The second-order valence-electron chi connectivity index (χ2n) is 9.78. The van der Waals surface area contributed by atoms with Crippen LogP contribution in [0.4, 0.5) is 0 Å². The van der Waals surface area contributed by atoms with Crippen LogP contribution in [0.15, 0.2) is 42.9 Å². The van der Waals surface area contributed by atoms with Crippen LogP contribution in [0, 0.1) is 0 Å². The first-order valence-corrected chi connectivity index (χ1v) is 13.8. The predicted octanol–water partition coefficient (Wildman–Crippen LogP) is 1.71. The van der Waals surface area contributed by atoms with Gasteiger partial charge in [-0.25, -0.2) is 4.98 Å². The average Bonchev–Trinajstić information content (AvgIpc) is 3.52. The van der Waals surface area contributed by atoms with Crippen LogP contribution in [-0.4, -0.2) is 100 Å². The van der Waals surface area contributed by atoms with E-state index >= 15 is 0 Å². The summed E-state index contributed by atoms with van der Waals surface area (Å²) in [5.41, 5.74) is 2.19. The van der Waals surface area contributed by atoms with Crippen LogP contribution >= 0.6 is 0 Å². The molecule has 242 valence electrons. The molecule has 3 unspecified atom stereocenters. The van der Waals surface area contributed by atoms with Gasteiger partial charge in [0.15, 0.2) is 0 Å². The van der Waals surface area contributed by atoms with E-state index in [4.69, 9.17) is 15.3 Å². The van der Waals surface area contributed by atoms with Crippen LogP contribution in [0.5, 0.6) is 0 Å². The van der Waals surface area contributed by atoms with Crippen LogP contribution in [0.3, 0.4) is 0 Å². The molecule has 0 aliphatic carbocycles. The van der Waals surface area contributed by atoms with Gasteiger partial charge in [-0.15, -0.1) is 0 Å². The molecular weight excluding hydrogens is 554 g/mol. The monoisotopic (exact) mass is 605 g/mol. The second-order valence-corrected chi connectivity index (χ2v) is 9.78. The predicted molar refractivity (Wildman–Crippen MR) is 169 cm³/mol. The summed E-state index contributed by atoms with van der Waals surface area (Å²) < 4.78 is 3.84. The van der Waals surface area contributed by atoms with Gasteiger partial charge in [0.2, 0.25) is 0 Å². The number of aryl methyl sites for hydroxylation is 2. The number of nitrogens with one attached hydrogen (secondary N) is 4. The highest BCUT2D eigenvalue weighted by Crippen LogP contribution is 2.21. The zero-order valence-electron chi connectivity index (χ0n) is 25.4. The number of unbranched alkanes of at least 4 members (excludes halogenated alkanes) is 1. The van der Waals surface area contributed by atoms with Gasteiger partial charge >= 0.3 is 17.9 Å². The van der Waals surface area contributed by atoms with E-state index < -0.39 is 30.0 Å². The maximum atomic E-state index is 11.0. The number of benzene rings is 1. The van der Waals surface area contributed by atoms with E-state index in [1.807, 2.05) is 60.7 Å². The molecule has 2 aromatic heterocycles. The van der Waals surface area contributed by atoms with Gasteiger partial charge in [-0.05, 0) is 59.2 Å². The SMILES string of the molecule is C.CNC(Cc1cn(C)c2ccccc12)C(=O)O.CNC(Cc1nccn1C)C(=O)O.CNCCCCC(NC)C(=O)O. The molecule has 3 rings (SSSR count). The summed E-state index contributed by atoms with van der Waals surface area (Å²) in [6.07, 6.45) is 9.02. The molecule has 0 saturated heterocycles. The summed E-state index contributed by atoms with van der Waals surface area (Å²) in [6, 6.07) is 6.52. The largest absolute Gasteiger partial charge is 0.480 e. The topological polar surface area (TPSA) is 183 Å². The summed E-state index contributed by atoms with van der Waals surface area (Å²) in [6.45, 7) is 0.954. The summed E-state index contributed by atoms with van der Waals surface area (Å²) in [5, 5.41) is 38.9. The average molecular weight is 606 g/mol. The molecule has 3 atom stereocenters.